The Bertz CT molecular complexity index is 523. The van der Waals surface area contributed by atoms with Crippen molar-refractivity contribution in [3.05, 3.63) is 40.7 Å². The molecule has 0 aliphatic carbocycles. The summed E-state index contributed by atoms with van der Waals surface area (Å²) in [7, 11) is 0. The normalized spacial score (nSPS) is 14.6. The van der Waals surface area contributed by atoms with Crippen molar-refractivity contribution < 1.29 is 8.94 Å². The van der Waals surface area contributed by atoms with E-state index in [0.717, 1.165) is 35.0 Å². The Hall–Kier alpha value is -1.55. The van der Waals surface area contributed by atoms with Crippen LogP contribution in [0.15, 0.2) is 21.1 Å². The topological polar surface area (TPSA) is 51.2 Å². The third-order valence-corrected chi connectivity index (χ3v) is 3.48. The molecule has 2 aromatic heterocycles. The van der Waals surface area contributed by atoms with E-state index < -0.39 is 0 Å². The molecule has 0 saturated carbocycles. The van der Waals surface area contributed by atoms with Crippen LogP contribution < -0.4 is 5.32 Å². The van der Waals surface area contributed by atoms with E-state index in [4.69, 9.17) is 8.94 Å². The maximum absolute atomic E-state index is 5.67. The molecule has 0 aliphatic rings. The Morgan fingerprint density at radius 1 is 1.26 bits per heavy atom. The Balaban J connectivity index is 2.16. The quantitative estimate of drug-likeness (QED) is 0.885. The summed E-state index contributed by atoms with van der Waals surface area (Å²) in [5, 5.41) is 7.62. The summed E-state index contributed by atoms with van der Waals surface area (Å²) in [6.07, 6.45) is 0.979. The molecule has 0 aliphatic heterocycles. The van der Waals surface area contributed by atoms with Gasteiger partial charge in [-0.1, -0.05) is 12.1 Å². The minimum atomic E-state index is 0.160. The van der Waals surface area contributed by atoms with Crippen molar-refractivity contribution in [3.8, 4) is 0 Å². The van der Waals surface area contributed by atoms with Crippen molar-refractivity contribution in [1.82, 2.24) is 10.5 Å². The molecule has 0 spiro atoms. The zero-order valence-corrected chi connectivity index (χ0v) is 12.3. The summed E-state index contributed by atoms with van der Waals surface area (Å²) >= 11 is 0. The van der Waals surface area contributed by atoms with Crippen LogP contribution >= 0.6 is 0 Å². The van der Waals surface area contributed by atoms with Crippen molar-refractivity contribution in [1.29, 1.82) is 0 Å². The molecule has 2 aromatic rings. The number of rotatable bonds is 5. The first kappa shape index (κ1) is 13.9. The van der Waals surface area contributed by atoms with Crippen LogP contribution in [-0.2, 0) is 0 Å². The summed E-state index contributed by atoms with van der Waals surface area (Å²) < 4.78 is 10.9. The molecule has 4 heteroatoms. The fourth-order valence-electron chi connectivity index (χ4n) is 2.46. The molecule has 0 bridgehead atoms. The molecule has 0 unspecified atom stereocenters. The summed E-state index contributed by atoms with van der Waals surface area (Å²) in [6, 6.07) is 4.40. The molecule has 0 amide bonds. The highest BCUT2D eigenvalue weighted by molar-refractivity contribution is 5.25. The minimum absolute atomic E-state index is 0.160. The highest BCUT2D eigenvalue weighted by atomic mass is 16.5. The van der Waals surface area contributed by atoms with Crippen LogP contribution in [0.25, 0.3) is 0 Å². The number of aryl methyl sites for hydroxylation is 3. The lowest BCUT2D eigenvalue weighted by Gasteiger charge is -2.21. The van der Waals surface area contributed by atoms with Gasteiger partial charge in [-0.25, -0.2) is 0 Å². The van der Waals surface area contributed by atoms with Crippen LogP contribution in [0.1, 0.15) is 60.9 Å². The van der Waals surface area contributed by atoms with Crippen LogP contribution in [0.4, 0.5) is 0 Å². The van der Waals surface area contributed by atoms with Gasteiger partial charge in [-0.05, 0) is 46.2 Å². The van der Waals surface area contributed by atoms with Gasteiger partial charge in [0.15, 0.2) is 0 Å². The highest BCUT2D eigenvalue weighted by Crippen LogP contribution is 2.27. The SMILES string of the molecule is CC[C@@H](N[C@@H](C)c1ccc(C)o1)c1c(C)noc1C. The van der Waals surface area contributed by atoms with E-state index in [1.807, 2.05) is 32.9 Å². The Labute approximate surface area is 114 Å². The number of hydrogen-bond acceptors (Lipinski definition) is 4. The van der Waals surface area contributed by atoms with Crippen molar-refractivity contribution in [2.75, 3.05) is 0 Å². The van der Waals surface area contributed by atoms with Gasteiger partial charge >= 0.3 is 0 Å². The number of hydrogen-bond donors (Lipinski definition) is 1. The van der Waals surface area contributed by atoms with E-state index in [2.05, 4.69) is 24.3 Å². The van der Waals surface area contributed by atoms with Gasteiger partial charge in [-0.3, -0.25) is 0 Å². The molecule has 0 radical (unpaired) electrons. The van der Waals surface area contributed by atoms with Gasteiger partial charge < -0.3 is 14.3 Å². The van der Waals surface area contributed by atoms with Gasteiger partial charge in [0.1, 0.15) is 17.3 Å². The number of nitrogens with one attached hydrogen (secondary N) is 1. The van der Waals surface area contributed by atoms with Gasteiger partial charge in [0, 0.05) is 11.6 Å². The van der Waals surface area contributed by atoms with Gasteiger partial charge in [-0.15, -0.1) is 0 Å². The predicted octanol–water partition coefficient (Wildman–Crippen LogP) is 3.99. The summed E-state index contributed by atoms with van der Waals surface area (Å²) in [6.45, 7) is 10.2. The molecule has 4 nitrogen and oxygen atoms in total. The third kappa shape index (κ3) is 2.89. The van der Waals surface area contributed by atoms with Crippen molar-refractivity contribution in [2.24, 2.45) is 0 Å². The second-order valence-electron chi connectivity index (χ2n) is 5.04. The maximum atomic E-state index is 5.67. The molecule has 19 heavy (non-hydrogen) atoms. The zero-order chi connectivity index (χ0) is 14.0. The fraction of sp³-hybridized carbons (Fsp3) is 0.533. The average molecular weight is 262 g/mol. The van der Waals surface area contributed by atoms with Crippen LogP contribution in [0, 0.1) is 20.8 Å². The zero-order valence-electron chi connectivity index (χ0n) is 12.3. The van der Waals surface area contributed by atoms with E-state index in [0.29, 0.717) is 0 Å². The van der Waals surface area contributed by atoms with Crippen molar-refractivity contribution in [3.63, 3.8) is 0 Å². The Kier molecular flexibility index (Phi) is 4.10. The van der Waals surface area contributed by atoms with Crippen LogP contribution in [0.3, 0.4) is 0 Å². The van der Waals surface area contributed by atoms with Crippen LogP contribution in [-0.4, -0.2) is 5.16 Å². The van der Waals surface area contributed by atoms with E-state index in [9.17, 15) is 0 Å². The number of furan rings is 1. The summed E-state index contributed by atoms with van der Waals surface area (Å²) in [4.78, 5) is 0. The smallest absolute Gasteiger partial charge is 0.138 e. The van der Waals surface area contributed by atoms with Crippen LogP contribution in [0.5, 0.6) is 0 Å². The molecular weight excluding hydrogens is 240 g/mol. The molecular formula is C15H22N2O2. The van der Waals surface area contributed by atoms with Crippen molar-refractivity contribution >= 4 is 0 Å². The molecule has 1 N–H and O–H groups in total. The lowest BCUT2D eigenvalue weighted by molar-refractivity contribution is 0.369. The molecule has 104 valence electrons. The second kappa shape index (κ2) is 5.61. The van der Waals surface area contributed by atoms with Gasteiger partial charge in [0.2, 0.25) is 0 Å². The molecule has 0 aromatic carbocycles. The van der Waals surface area contributed by atoms with E-state index in [-0.39, 0.29) is 12.1 Å². The molecule has 2 atom stereocenters. The van der Waals surface area contributed by atoms with E-state index in [1.165, 1.54) is 0 Å². The molecule has 0 fully saturated rings. The molecule has 0 saturated heterocycles. The first-order valence-corrected chi connectivity index (χ1v) is 6.78. The standard InChI is InChI=1S/C15H22N2O2/c1-6-13(15-11(4)17-19-12(15)5)16-10(3)14-8-7-9(2)18-14/h7-8,10,13,16H,6H2,1-5H3/t10-,13+/m0/s1. The first-order chi connectivity index (χ1) is 9.02. The van der Waals surface area contributed by atoms with Gasteiger partial charge in [0.25, 0.3) is 0 Å². The van der Waals surface area contributed by atoms with Gasteiger partial charge in [-0.2, -0.15) is 0 Å². The van der Waals surface area contributed by atoms with Crippen molar-refractivity contribution in [2.45, 2.75) is 53.1 Å². The molecule has 2 heterocycles. The number of aromatic nitrogens is 1. The predicted molar refractivity (Wildman–Crippen MR) is 74.0 cm³/mol. The number of nitrogens with zero attached hydrogens (tertiary/aromatic N) is 1. The van der Waals surface area contributed by atoms with Gasteiger partial charge in [0.05, 0.1) is 11.7 Å². The third-order valence-electron chi connectivity index (χ3n) is 3.48. The second-order valence-corrected chi connectivity index (χ2v) is 5.04. The van der Waals surface area contributed by atoms with E-state index in [1.54, 1.807) is 0 Å². The largest absolute Gasteiger partial charge is 0.465 e. The molecule has 2 rings (SSSR count). The van der Waals surface area contributed by atoms with Crippen LogP contribution in [0.2, 0.25) is 0 Å². The average Bonchev–Trinajstić information content (AvgIpc) is 2.94. The monoisotopic (exact) mass is 262 g/mol. The summed E-state index contributed by atoms with van der Waals surface area (Å²) in [5.74, 6) is 2.79. The lowest BCUT2D eigenvalue weighted by atomic mass is 10.0. The first-order valence-electron chi connectivity index (χ1n) is 6.78. The highest BCUT2D eigenvalue weighted by Gasteiger charge is 2.21. The maximum Gasteiger partial charge on any atom is 0.138 e. The lowest BCUT2D eigenvalue weighted by Crippen LogP contribution is -2.24. The Morgan fingerprint density at radius 3 is 2.47 bits per heavy atom. The Morgan fingerprint density at radius 2 is 2.00 bits per heavy atom. The summed E-state index contributed by atoms with van der Waals surface area (Å²) in [5.41, 5.74) is 2.12. The fourth-order valence-corrected chi connectivity index (χ4v) is 2.46. The minimum Gasteiger partial charge on any atom is -0.465 e. The van der Waals surface area contributed by atoms with E-state index >= 15 is 0 Å².